The highest BCUT2D eigenvalue weighted by atomic mass is 16.5. The zero-order valence-electron chi connectivity index (χ0n) is 12.7. The lowest BCUT2D eigenvalue weighted by Gasteiger charge is -2.11. The molecule has 0 saturated heterocycles. The van der Waals surface area contributed by atoms with Crippen molar-refractivity contribution < 1.29 is 9.47 Å². The standard InChI is InChI=1S/C16H21N3O2/c1-19(2)10-11-21-13-6-4-12(5-7-13)14-8-9-15(20-3)16(17)18-14/h4-9H,10-11H2,1-3H3,(H2,17,18). The maximum Gasteiger partial charge on any atom is 0.166 e. The van der Waals surface area contributed by atoms with Gasteiger partial charge in [-0.1, -0.05) is 0 Å². The number of nitrogens with zero attached hydrogens (tertiary/aromatic N) is 2. The molecule has 0 fully saturated rings. The fourth-order valence-corrected chi connectivity index (χ4v) is 1.86. The van der Waals surface area contributed by atoms with Gasteiger partial charge in [-0.25, -0.2) is 4.98 Å². The number of anilines is 1. The summed E-state index contributed by atoms with van der Waals surface area (Å²) in [5.41, 5.74) is 7.63. The van der Waals surface area contributed by atoms with Gasteiger partial charge in [0.05, 0.1) is 12.8 Å². The summed E-state index contributed by atoms with van der Waals surface area (Å²) in [5, 5.41) is 0. The van der Waals surface area contributed by atoms with E-state index in [0.717, 1.165) is 23.6 Å². The average molecular weight is 287 g/mol. The monoisotopic (exact) mass is 287 g/mol. The summed E-state index contributed by atoms with van der Waals surface area (Å²) >= 11 is 0. The highest BCUT2D eigenvalue weighted by molar-refractivity contribution is 5.64. The average Bonchev–Trinajstić information content (AvgIpc) is 2.47. The van der Waals surface area contributed by atoms with Gasteiger partial charge in [-0.3, -0.25) is 0 Å². The molecule has 2 N–H and O–H groups in total. The maximum atomic E-state index is 5.83. The number of rotatable bonds is 6. The second-order valence-electron chi connectivity index (χ2n) is 4.96. The van der Waals surface area contributed by atoms with Gasteiger partial charge in [0.1, 0.15) is 12.4 Å². The minimum atomic E-state index is 0.390. The summed E-state index contributed by atoms with van der Waals surface area (Å²) < 4.78 is 10.8. The number of likely N-dealkylation sites (N-methyl/N-ethyl adjacent to an activating group) is 1. The molecule has 2 aromatic rings. The van der Waals surface area contributed by atoms with Gasteiger partial charge in [0.15, 0.2) is 11.6 Å². The van der Waals surface area contributed by atoms with Crippen LogP contribution in [0.2, 0.25) is 0 Å². The molecule has 0 bridgehead atoms. The number of nitrogen functional groups attached to an aromatic ring is 1. The smallest absolute Gasteiger partial charge is 0.166 e. The normalized spacial score (nSPS) is 10.7. The summed E-state index contributed by atoms with van der Waals surface area (Å²) in [6, 6.07) is 11.5. The van der Waals surface area contributed by atoms with Crippen molar-refractivity contribution in [1.82, 2.24) is 9.88 Å². The quantitative estimate of drug-likeness (QED) is 0.883. The van der Waals surface area contributed by atoms with Gasteiger partial charge in [0, 0.05) is 12.1 Å². The van der Waals surface area contributed by atoms with Gasteiger partial charge in [-0.05, 0) is 50.5 Å². The third-order valence-electron chi connectivity index (χ3n) is 3.06. The van der Waals surface area contributed by atoms with Crippen LogP contribution >= 0.6 is 0 Å². The Morgan fingerprint density at radius 3 is 2.38 bits per heavy atom. The van der Waals surface area contributed by atoms with Crippen LogP contribution in [-0.2, 0) is 0 Å². The highest BCUT2D eigenvalue weighted by Crippen LogP contribution is 2.26. The molecule has 5 nitrogen and oxygen atoms in total. The molecule has 21 heavy (non-hydrogen) atoms. The van der Waals surface area contributed by atoms with Crippen LogP contribution in [0.4, 0.5) is 5.82 Å². The lowest BCUT2D eigenvalue weighted by Crippen LogP contribution is -2.19. The van der Waals surface area contributed by atoms with Gasteiger partial charge in [-0.15, -0.1) is 0 Å². The van der Waals surface area contributed by atoms with Gasteiger partial charge in [0.2, 0.25) is 0 Å². The molecule has 5 heteroatoms. The van der Waals surface area contributed by atoms with E-state index >= 15 is 0 Å². The summed E-state index contributed by atoms with van der Waals surface area (Å²) in [4.78, 5) is 6.42. The van der Waals surface area contributed by atoms with Crippen molar-refractivity contribution in [3.8, 4) is 22.8 Å². The van der Waals surface area contributed by atoms with Crippen molar-refractivity contribution in [3.05, 3.63) is 36.4 Å². The van der Waals surface area contributed by atoms with E-state index in [1.165, 1.54) is 0 Å². The topological polar surface area (TPSA) is 60.6 Å². The Kier molecular flexibility index (Phi) is 5.00. The Morgan fingerprint density at radius 1 is 1.10 bits per heavy atom. The first-order valence-electron chi connectivity index (χ1n) is 6.78. The third kappa shape index (κ3) is 4.10. The molecule has 2 rings (SSSR count). The number of benzene rings is 1. The van der Waals surface area contributed by atoms with E-state index in [-0.39, 0.29) is 0 Å². The molecule has 1 aromatic carbocycles. The second kappa shape index (κ2) is 6.95. The van der Waals surface area contributed by atoms with E-state index in [1.807, 2.05) is 50.5 Å². The van der Waals surface area contributed by atoms with E-state index in [4.69, 9.17) is 15.2 Å². The molecule has 0 radical (unpaired) electrons. The molecule has 0 atom stereocenters. The SMILES string of the molecule is COc1ccc(-c2ccc(OCCN(C)C)cc2)nc1N. The first kappa shape index (κ1) is 15.1. The molecule has 0 aliphatic rings. The Balaban J connectivity index is 2.06. The number of nitrogens with two attached hydrogens (primary N) is 1. The zero-order valence-corrected chi connectivity index (χ0v) is 12.7. The van der Waals surface area contributed by atoms with Gasteiger partial charge in [0.25, 0.3) is 0 Å². The molecular formula is C16H21N3O2. The van der Waals surface area contributed by atoms with Crippen LogP contribution in [0.3, 0.4) is 0 Å². The third-order valence-corrected chi connectivity index (χ3v) is 3.06. The number of hydrogen-bond donors (Lipinski definition) is 1. The molecule has 0 unspecified atom stereocenters. The Bertz CT molecular complexity index is 583. The molecule has 112 valence electrons. The molecular weight excluding hydrogens is 266 g/mol. The van der Waals surface area contributed by atoms with E-state index in [0.29, 0.717) is 18.2 Å². The highest BCUT2D eigenvalue weighted by Gasteiger charge is 2.05. The Hall–Kier alpha value is -2.27. The maximum absolute atomic E-state index is 5.83. The number of pyridine rings is 1. The lowest BCUT2D eigenvalue weighted by atomic mass is 10.1. The van der Waals surface area contributed by atoms with Crippen LogP contribution in [0.25, 0.3) is 11.3 Å². The van der Waals surface area contributed by atoms with Crippen molar-refractivity contribution in [2.75, 3.05) is 40.1 Å². The number of ether oxygens (including phenoxy) is 2. The Labute approximate surface area is 125 Å². The van der Waals surface area contributed by atoms with Crippen molar-refractivity contribution >= 4 is 5.82 Å². The van der Waals surface area contributed by atoms with Gasteiger partial charge < -0.3 is 20.1 Å². The van der Waals surface area contributed by atoms with Crippen LogP contribution < -0.4 is 15.2 Å². The molecule has 0 amide bonds. The minimum Gasteiger partial charge on any atom is -0.493 e. The predicted octanol–water partition coefficient (Wildman–Crippen LogP) is 2.28. The van der Waals surface area contributed by atoms with Crippen LogP contribution in [0.15, 0.2) is 36.4 Å². The Morgan fingerprint density at radius 2 is 1.81 bits per heavy atom. The minimum absolute atomic E-state index is 0.390. The fourth-order valence-electron chi connectivity index (χ4n) is 1.86. The number of hydrogen-bond acceptors (Lipinski definition) is 5. The molecule has 1 heterocycles. The first-order valence-corrected chi connectivity index (χ1v) is 6.78. The number of aromatic nitrogens is 1. The summed E-state index contributed by atoms with van der Waals surface area (Å²) in [6.45, 7) is 1.55. The molecule has 1 aromatic heterocycles. The fraction of sp³-hybridized carbons (Fsp3) is 0.312. The molecule has 0 aliphatic heterocycles. The number of methoxy groups -OCH3 is 1. The van der Waals surface area contributed by atoms with E-state index in [2.05, 4.69) is 9.88 Å². The van der Waals surface area contributed by atoms with Crippen molar-refractivity contribution in [2.45, 2.75) is 0 Å². The molecule has 0 saturated carbocycles. The van der Waals surface area contributed by atoms with Crippen LogP contribution in [0.5, 0.6) is 11.5 Å². The van der Waals surface area contributed by atoms with Crippen LogP contribution in [0, 0.1) is 0 Å². The largest absolute Gasteiger partial charge is 0.493 e. The lowest BCUT2D eigenvalue weighted by molar-refractivity contribution is 0.261. The van der Waals surface area contributed by atoms with E-state index < -0.39 is 0 Å². The van der Waals surface area contributed by atoms with Crippen LogP contribution in [0.1, 0.15) is 0 Å². The van der Waals surface area contributed by atoms with Crippen molar-refractivity contribution in [2.24, 2.45) is 0 Å². The molecule has 0 aliphatic carbocycles. The summed E-state index contributed by atoms with van der Waals surface area (Å²) in [6.07, 6.45) is 0. The van der Waals surface area contributed by atoms with E-state index in [9.17, 15) is 0 Å². The van der Waals surface area contributed by atoms with Gasteiger partial charge in [-0.2, -0.15) is 0 Å². The second-order valence-corrected chi connectivity index (χ2v) is 4.96. The zero-order chi connectivity index (χ0) is 15.2. The van der Waals surface area contributed by atoms with Gasteiger partial charge >= 0.3 is 0 Å². The van der Waals surface area contributed by atoms with Crippen LogP contribution in [-0.4, -0.2) is 44.2 Å². The van der Waals surface area contributed by atoms with Crippen molar-refractivity contribution in [1.29, 1.82) is 0 Å². The summed E-state index contributed by atoms with van der Waals surface area (Å²) in [5.74, 6) is 1.82. The predicted molar refractivity (Wildman–Crippen MR) is 84.7 cm³/mol. The molecule has 0 spiro atoms. The van der Waals surface area contributed by atoms with E-state index in [1.54, 1.807) is 7.11 Å². The van der Waals surface area contributed by atoms with Crippen molar-refractivity contribution in [3.63, 3.8) is 0 Å². The summed E-state index contributed by atoms with van der Waals surface area (Å²) in [7, 11) is 5.62. The first-order chi connectivity index (χ1) is 10.1.